The molecule has 66 valence electrons. The number of nitrogens with zero attached hydrogens (tertiary/aromatic N) is 2. The molecule has 1 atom stereocenters. The van der Waals surface area contributed by atoms with Crippen LogP contribution in [-0.2, 0) is 11.8 Å². The second-order valence-corrected chi connectivity index (χ2v) is 3.21. The van der Waals surface area contributed by atoms with Crippen molar-refractivity contribution in [1.29, 1.82) is 0 Å². The smallest absolute Gasteiger partial charge is 0.120 e. The van der Waals surface area contributed by atoms with Crippen molar-refractivity contribution in [2.45, 2.75) is 19.3 Å². The maximum Gasteiger partial charge on any atom is 0.120 e. The molecule has 0 aliphatic carbocycles. The number of aromatic nitrogens is 2. The highest BCUT2D eigenvalue weighted by Crippen LogP contribution is 2.24. The molecule has 0 radical (unpaired) electrons. The molecule has 12 heavy (non-hydrogen) atoms. The lowest BCUT2D eigenvalue weighted by atomic mass is 10.1. The van der Waals surface area contributed by atoms with Gasteiger partial charge >= 0.3 is 0 Å². The Morgan fingerprint density at radius 2 is 2.50 bits per heavy atom. The number of rotatable bonds is 3. The van der Waals surface area contributed by atoms with Crippen LogP contribution in [0.5, 0.6) is 0 Å². The van der Waals surface area contributed by atoms with Crippen LogP contribution < -0.4 is 0 Å². The lowest BCUT2D eigenvalue weighted by Crippen LogP contribution is -2.03. The fraction of sp³-hybridized carbons (Fsp3) is 0.500. The van der Waals surface area contributed by atoms with Crippen LogP contribution in [0.3, 0.4) is 0 Å². The summed E-state index contributed by atoms with van der Waals surface area (Å²) >= 11 is 5.88. The normalized spacial score (nSPS) is 12.9. The van der Waals surface area contributed by atoms with Gasteiger partial charge in [0.15, 0.2) is 0 Å². The van der Waals surface area contributed by atoms with Gasteiger partial charge in [0.2, 0.25) is 0 Å². The van der Waals surface area contributed by atoms with Gasteiger partial charge in [-0.1, -0.05) is 18.5 Å². The zero-order chi connectivity index (χ0) is 9.14. The maximum atomic E-state index is 10.3. The van der Waals surface area contributed by atoms with Gasteiger partial charge in [-0.3, -0.25) is 4.68 Å². The molecule has 0 aliphatic heterocycles. The Kier molecular flexibility index (Phi) is 2.87. The van der Waals surface area contributed by atoms with Gasteiger partial charge in [-0.2, -0.15) is 5.10 Å². The van der Waals surface area contributed by atoms with Crippen molar-refractivity contribution in [1.82, 2.24) is 9.78 Å². The first-order valence-corrected chi connectivity index (χ1v) is 4.15. The summed E-state index contributed by atoms with van der Waals surface area (Å²) < 4.78 is 1.70. The molecule has 0 aliphatic rings. The van der Waals surface area contributed by atoms with Crippen molar-refractivity contribution < 1.29 is 4.79 Å². The summed E-state index contributed by atoms with van der Waals surface area (Å²) in [7, 11) is 1.82. The Balaban J connectivity index is 2.92. The number of halogens is 1. The van der Waals surface area contributed by atoms with Crippen LogP contribution in [0.2, 0.25) is 5.02 Å². The maximum absolute atomic E-state index is 10.3. The first kappa shape index (κ1) is 9.26. The van der Waals surface area contributed by atoms with Gasteiger partial charge in [0.25, 0.3) is 0 Å². The summed E-state index contributed by atoms with van der Waals surface area (Å²) in [6.45, 7) is 1.96. The Labute approximate surface area is 76.3 Å². The third-order valence-corrected chi connectivity index (χ3v) is 2.15. The van der Waals surface area contributed by atoms with Gasteiger partial charge < -0.3 is 4.79 Å². The van der Waals surface area contributed by atoms with Crippen molar-refractivity contribution in [3.05, 3.63) is 16.9 Å². The van der Waals surface area contributed by atoms with E-state index in [4.69, 9.17) is 11.6 Å². The summed E-state index contributed by atoms with van der Waals surface area (Å²) in [6.07, 6.45) is 2.98. The van der Waals surface area contributed by atoms with Gasteiger partial charge in [0, 0.05) is 19.4 Å². The van der Waals surface area contributed by atoms with Crippen molar-refractivity contribution in [3.8, 4) is 0 Å². The minimum atomic E-state index is 0.141. The molecule has 1 heterocycles. The third-order valence-electron chi connectivity index (χ3n) is 1.85. The van der Waals surface area contributed by atoms with Crippen LogP contribution in [0.15, 0.2) is 6.20 Å². The second kappa shape index (κ2) is 3.72. The Hall–Kier alpha value is -0.830. The van der Waals surface area contributed by atoms with Crippen molar-refractivity contribution in [3.63, 3.8) is 0 Å². The molecule has 1 aromatic heterocycles. The number of carbonyl (C=O) groups excluding carboxylic acids is 1. The summed E-state index contributed by atoms with van der Waals surface area (Å²) in [5, 5.41) is 4.62. The molecular formula is C8H11ClN2O. The van der Waals surface area contributed by atoms with Gasteiger partial charge in [0.1, 0.15) is 6.29 Å². The SMILES string of the molecule is CC(CC=O)c1c(Cl)cnn1C. The number of hydrogen-bond donors (Lipinski definition) is 0. The quantitative estimate of drug-likeness (QED) is 0.675. The molecule has 0 spiro atoms. The van der Waals surface area contributed by atoms with E-state index in [9.17, 15) is 4.79 Å². The molecule has 4 heteroatoms. The first-order valence-electron chi connectivity index (χ1n) is 3.77. The van der Waals surface area contributed by atoms with Crippen LogP contribution >= 0.6 is 11.6 Å². The number of aryl methyl sites for hydroxylation is 1. The van der Waals surface area contributed by atoms with Crippen LogP contribution in [0.1, 0.15) is 25.0 Å². The molecule has 3 nitrogen and oxygen atoms in total. The summed E-state index contributed by atoms with van der Waals surface area (Å²) in [4.78, 5) is 10.3. The van der Waals surface area contributed by atoms with Crippen LogP contribution in [-0.4, -0.2) is 16.1 Å². The minimum Gasteiger partial charge on any atom is -0.303 e. The largest absolute Gasteiger partial charge is 0.303 e. The molecule has 0 aromatic carbocycles. The van der Waals surface area contributed by atoms with E-state index < -0.39 is 0 Å². The van der Waals surface area contributed by atoms with Crippen LogP contribution in [0, 0.1) is 0 Å². The van der Waals surface area contributed by atoms with Crippen molar-refractivity contribution in [2.75, 3.05) is 0 Å². The van der Waals surface area contributed by atoms with Crippen LogP contribution in [0.4, 0.5) is 0 Å². The Bertz CT molecular complexity index is 263. The molecular weight excluding hydrogens is 176 g/mol. The first-order chi connectivity index (χ1) is 5.66. The van der Waals surface area contributed by atoms with Gasteiger partial charge in [0.05, 0.1) is 16.9 Å². The molecule has 1 unspecified atom stereocenters. The highest BCUT2D eigenvalue weighted by molar-refractivity contribution is 6.31. The van der Waals surface area contributed by atoms with Crippen molar-refractivity contribution in [2.24, 2.45) is 7.05 Å². The molecule has 1 rings (SSSR count). The van der Waals surface area contributed by atoms with E-state index >= 15 is 0 Å². The molecule has 0 amide bonds. The molecule has 0 N–H and O–H groups in total. The summed E-state index contributed by atoms with van der Waals surface area (Å²) in [6, 6.07) is 0. The predicted octanol–water partition coefficient (Wildman–Crippen LogP) is 1.77. The number of hydrogen-bond acceptors (Lipinski definition) is 2. The van der Waals surface area contributed by atoms with E-state index in [1.165, 1.54) is 0 Å². The van der Waals surface area contributed by atoms with E-state index in [2.05, 4.69) is 5.10 Å². The topological polar surface area (TPSA) is 34.9 Å². The van der Waals surface area contributed by atoms with Gasteiger partial charge in [-0.15, -0.1) is 0 Å². The molecule has 0 saturated heterocycles. The van der Waals surface area contributed by atoms with Crippen LogP contribution in [0.25, 0.3) is 0 Å². The highest BCUT2D eigenvalue weighted by atomic mass is 35.5. The monoisotopic (exact) mass is 186 g/mol. The zero-order valence-corrected chi connectivity index (χ0v) is 7.88. The highest BCUT2D eigenvalue weighted by Gasteiger charge is 2.13. The fourth-order valence-electron chi connectivity index (χ4n) is 1.23. The molecule has 0 fully saturated rings. The van der Waals surface area contributed by atoms with E-state index in [0.717, 1.165) is 12.0 Å². The fourth-order valence-corrected chi connectivity index (χ4v) is 1.58. The van der Waals surface area contributed by atoms with E-state index in [-0.39, 0.29) is 5.92 Å². The van der Waals surface area contributed by atoms with Gasteiger partial charge in [-0.05, 0) is 0 Å². The number of aldehydes is 1. The minimum absolute atomic E-state index is 0.141. The average Bonchev–Trinajstić information content (AvgIpc) is 2.32. The van der Waals surface area contributed by atoms with Crippen molar-refractivity contribution >= 4 is 17.9 Å². The van der Waals surface area contributed by atoms with E-state index in [1.54, 1.807) is 10.9 Å². The third kappa shape index (κ3) is 1.67. The molecule has 0 saturated carbocycles. The van der Waals surface area contributed by atoms with E-state index in [0.29, 0.717) is 11.4 Å². The Morgan fingerprint density at radius 3 is 2.92 bits per heavy atom. The summed E-state index contributed by atoms with van der Waals surface area (Å²) in [5.74, 6) is 0.141. The average molecular weight is 187 g/mol. The lowest BCUT2D eigenvalue weighted by Gasteiger charge is -2.08. The second-order valence-electron chi connectivity index (χ2n) is 2.80. The van der Waals surface area contributed by atoms with E-state index in [1.807, 2.05) is 14.0 Å². The lowest BCUT2D eigenvalue weighted by molar-refractivity contribution is -0.108. The Morgan fingerprint density at radius 1 is 1.83 bits per heavy atom. The molecule has 0 bridgehead atoms. The standard InChI is InChI=1S/C8H11ClN2O/c1-6(3-4-12)8-7(9)5-10-11(8)2/h4-6H,3H2,1-2H3. The molecule has 1 aromatic rings. The predicted molar refractivity (Wildman–Crippen MR) is 47.3 cm³/mol. The van der Waals surface area contributed by atoms with Gasteiger partial charge in [-0.25, -0.2) is 0 Å². The summed E-state index contributed by atoms with van der Waals surface area (Å²) in [5.41, 5.74) is 0.920. The number of carbonyl (C=O) groups is 1. The zero-order valence-electron chi connectivity index (χ0n) is 7.12.